The van der Waals surface area contributed by atoms with E-state index in [-0.39, 0.29) is 16.5 Å². The number of benzene rings is 2. The van der Waals surface area contributed by atoms with E-state index in [1.807, 2.05) is 0 Å². The smallest absolute Gasteiger partial charge is 0.210 e. The maximum Gasteiger partial charge on any atom is 0.210 e. The van der Waals surface area contributed by atoms with Crippen molar-refractivity contribution in [2.75, 3.05) is 0 Å². The van der Waals surface area contributed by atoms with E-state index in [2.05, 4.69) is 77.1 Å². The molecular formula is C41H62N2Ni. The Bertz CT molecular complexity index is 1210. The van der Waals surface area contributed by atoms with Gasteiger partial charge in [0.2, 0.25) is 11.4 Å². The Morgan fingerprint density at radius 2 is 0.841 bits per heavy atom. The zero-order chi connectivity index (χ0) is 30.9. The summed E-state index contributed by atoms with van der Waals surface area (Å²) in [5, 5.41) is 0. The fraction of sp³-hybridized carbons (Fsp3) is 0.610. The molecule has 0 aliphatic carbocycles. The van der Waals surface area contributed by atoms with Crippen molar-refractivity contribution in [1.82, 2.24) is 0 Å². The van der Waals surface area contributed by atoms with E-state index < -0.39 is 0 Å². The SMILES string of the molecule is CCCCCCCCc1cc(CCCC)cc(C2=CC(C)=C(c3cc(CCCC)cc(CCCCCCCC)c3)[N+]2=[N-])c1.[Ni]. The van der Waals surface area contributed by atoms with Crippen LogP contribution in [0.4, 0.5) is 0 Å². The maximum absolute atomic E-state index is 11.7. The summed E-state index contributed by atoms with van der Waals surface area (Å²) in [5.41, 5.74) is 22.7. The minimum Gasteiger partial charge on any atom is -0.493 e. The molecule has 3 rings (SSSR count). The summed E-state index contributed by atoms with van der Waals surface area (Å²) < 4.78 is 1.50. The summed E-state index contributed by atoms with van der Waals surface area (Å²) in [6.07, 6.45) is 27.3. The van der Waals surface area contributed by atoms with Crippen LogP contribution in [0.15, 0.2) is 48.0 Å². The van der Waals surface area contributed by atoms with Crippen LogP contribution in [0.2, 0.25) is 0 Å². The van der Waals surface area contributed by atoms with Crippen molar-refractivity contribution in [1.29, 1.82) is 0 Å². The van der Waals surface area contributed by atoms with Crippen LogP contribution < -0.4 is 0 Å². The van der Waals surface area contributed by atoms with Gasteiger partial charge in [-0.05, 0) is 105 Å². The third-order valence-electron chi connectivity index (χ3n) is 9.12. The number of hydrogen-bond donors (Lipinski definition) is 0. The largest absolute Gasteiger partial charge is 0.493 e. The van der Waals surface area contributed by atoms with Crippen molar-refractivity contribution >= 4 is 11.4 Å². The molecular weight excluding hydrogens is 579 g/mol. The second-order valence-corrected chi connectivity index (χ2v) is 13.2. The molecule has 1 aliphatic heterocycles. The number of unbranched alkanes of at least 4 members (excludes halogenated alkanes) is 12. The van der Waals surface area contributed by atoms with Gasteiger partial charge in [-0.2, -0.15) is 0 Å². The van der Waals surface area contributed by atoms with Crippen LogP contribution in [0.1, 0.15) is 171 Å². The molecule has 3 heteroatoms. The maximum atomic E-state index is 11.7. The first-order valence-electron chi connectivity index (χ1n) is 18.2. The molecule has 1 heterocycles. The Kier molecular flexibility index (Phi) is 18.8. The molecule has 0 atom stereocenters. The quantitative estimate of drug-likeness (QED) is 0.0695. The molecule has 0 radical (unpaired) electrons. The van der Waals surface area contributed by atoms with Crippen molar-refractivity contribution < 1.29 is 21.2 Å². The van der Waals surface area contributed by atoms with E-state index in [9.17, 15) is 5.53 Å². The summed E-state index contributed by atoms with van der Waals surface area (Å²) >= 11 is 0. The van der Waals surface area contributed by atoms with Gasteiger partial charge in [-0.3, -0.25) is 0 Å². The normalized spacial score (nSPS) is 13.0. The second-order valence-electron chi connectivity index (χ2n) is 13.2. The fourth-order valence-corrected chi connectivity index (χ4v) is 6.55. The summed E-state index contributed by atoms with van der Waals surface area (Å²) in [6, 6.07) is 14.2. The molecule has 0 fully saturated rings. The average Bonchev–Trinajstić information content (AvgIpc) is 3.31. The summed E-state index contributed by atoms with van der Waals surface area (Å²) in [5.74, 6) is 0. The predicted molar refractivity (Wildman–Crippen MR) is 188 cm³/mol. The van der Waals surface area contributed by atoms with Crippen molar-refractivity contribution in [2.45, 2.75) is 163 Å². The Balaban J connectivity index is 0.00000675. The van der Waals surface area contributed by atoms with Crippen LogP contribution in [0.5, 0.6) is 0 Å². The molecule has 0 amide bonds. The first kappa shape index (κ1) is 38.2. The van der Waals surface area contributed by atoms with E-state index in [1.54, 1.807) is 0 Å². The van der Waals surface area contributed by atoms with Gasteiger partial charge >= 0.3 is 0 Å². The first-order chi connectivity index (χ1) is 21.0. The first-order valence-corrected chi connectivity index (χ1v) is 18.2. The van der Waals surface area contributed by atoms with Gasteiger partial charge in [0, 0.05) is 39.3 Å². The molecule has 0 saturated heterocycles. The van der Waals surface area contributed by atoms with Gasteiger partial charge in [-0.1, -0.05) is 117 Å². The molecule has 2 aromatic carbocycles. The molecule has 246 valence electrons. The van der Waals surface area contributed by atoms with Gasteiger partial charge in [0.05, 0.1) is 0 Å². The molecule has 44 heavy (non-hydrogen) atoms. The van der Waals surface area contributed by atoms with E-state index in [0.717, 1.165) is 53.8 Å². The third kappa shape index (κ3) is 12.4. The Morgan fingerprint density at radius 3 is 1.27 bits per heavy atom. The molecule has 0 unspecified atom stereocenters. The molecule has 0 saturated carbocycles. The number of nitrogens with zero attached hydrogens (tertiary/aromatic N) is 2. The topological polar surface area (TPSA) is 25.3 Å². The van der Waals surface area contributed by atoms with Gasteiger partial charge in [0.1, 0.15) is 0 Å². The predicted octanol–water partition coefficient (Wildman–Crippen LogP) is 13.0. The Morgan fingerprint density at radius 1 is 0.477 bits per heavy atom. The second kappa shape index (κ2) is 21.7. The summed E-state index contributed by atoms with van der Waals surface area (Å²) in [6.45, 7) is 11.3. The van der Waals surface area contributed by atoms with Gasteiger partial charge in [-0.15, -0.1) is 0 Å². The van der Waals surface area contributed by atoms with E-state index in [0.29, 0.717) is 0 Å². The van der Waals surface area contributed by atoms with Crippen LogP contribution in [0.3, 0.4) is 0 Å². The van der Waals surface area contributed by atoms with E-state index in [1.165, 1.54) is 130 Å². The van der Waals surface area contributed by atoms with Gasteiger partial charge in [0.25, 0.3) is 0 Å². The van der Waals surface area contributed by atoms with Gasteiger partial charge in [0.15, 0.2) is 0 Å². The minimum atomic E-state index is 0. The van der Waals surface area contributed by atoms with E-state index in [4.69, 9.17) is 0 Å². The molecule has 0 bridgehead atoms. The minimum absolute atomic E-state index is 0. The Labute approximate surface area is 281 Å². The van der Waals surface area contributed by atoms with Crippen molar-refractivity contribution in [2.24, 2.45) is 0 Å². The number of rotatable bonds is 22. The molecule has 1 aliphatic rings. The zero-order valence-corrected chi connectivity index (χ0v) is 29.9. The van der Waals surface area contributed by atoms with Crippen LogP contribution >= 0.6 is 0 Å². The number of hydrogen-bond acceptors (Lipinski definition) is 0. The molecule has 2 nitrogen and oxygen atoms in total. The standard InChI is InChI=1S/C41H62N2.Ni/c1-6-10-14-16-18-20-24-36-27-34(22-12-8-3)29-38(30-36)40-26-33(5)41(43(40)42)39-31-35(23-13-9-4)28-37(32-39)25-21-19-17-15-11-7-2;/h26-32H,6-25H2,1-5H3;. The van der Waals surface area contributed by atoms with Gasteiger partial charge in [-0.25, -0.2) is 4.70 Å². The van der Waals surface area contributed by atoms with Crippen molar-refractivity contribution in [3.05, 3.63) is 87.0 Å². The van der Waals surface area contributed by atoms with Crippen LogP contribution in [0, 0.1) is 0 Å². The number of aryl methyl sites for hydroxylation is 4. The summed E-state index contributed by atoms with van der Waals surface area (Å²) in [4.78, 5) is 0. The third-order valence-corrected chi connectivity index (χ3v) is 9.12. The fourth-order valence-electron chi connectivity index (χ4n) is 6.55. The van der Waals surface area contributed by atoms with Gasteiger partial charge < -0.3 is 5.53 Å². The molecule has 2 aromatic rings. The average molecular weight is 642 g/mol. The molecule has 0 N–H and O–H groups in total. The molecule has 0 aromatic heterocycles. The summed E-state index contributed by atoms with van der Waals surface area (Å²) in [7, 11) is 0. The van der Waals surface area contributed by atoms with E-state index >= 15 is 0 Å². The molecule has 0 spiro atoms. The van der Waals surface area contributed by atoms with Crippen molar-refractivity contribution in [3.63, 3.8) is 0 Å². The van der Waals surface area contributed by atoms with Crippen LogP contribution in [-0.4, -0.2) is 4.70 Å². The number of allylic oxidation sites excluding steroid dienone is 2. The monoisotopic (exact) mass is 640 g/mol. The Hall–Kier alpha value is -1.99. The zero-order valence-electron chi connectivity index (χ0n) is 28.9. The van der Waals surface area contributed by atoms with Crippen LogP contribution in [0.25, 0.3) is 16.9 Å². The van der Waals surface area contributed by atoms with Crippen molar-refractivity contribution in [3.8, 4) is 0 Å². The van der Waals surface area contributed by atoms with Crippen LogP contribution in [-0.2, 0) is 42.2 Å².